The number of aliphatic imine (C=N–C) groups is 3. The Hall–Kier alpha value is -1.33. The van der Waals surface area contributed by atoms with Crippen LogP contribution < -0.4 is 5.32 Å². The zero-order chi connectivity index (χ0) is 18.1. The molecule has 3 heterocycles. The highest BCUT2D eigenvalue weighted by Crippen LogP contribution is 2.42. The Labute approximate surface area is 158 Å². The molecule has 0 saturated carbocycles. The first kappa shape index (κ1) is 19.4. The van der Waals surface area contributed by atoms with E-state index in [9.17, 15) is 0 Å². The van der Waals surface area contributed by atoms with Gasteiger partial charge in [-0.25, -0.2) is 0 Å². The van der Waals surface area contributed by atoms with Gasteiger partial charge in [0.1, 0.15) is 0 Å². The predicted octanol–water partition coefficient (Wildman–Crippen LogP) is 3.60. The van der Waals surface area contributed by atoms with Gasteiger partial charge in [0.25, 0.3) is 0 Å². The van der Waals surface area contributed by atoms with Crippen LogP contribution in [0.15, 0.2) is 26.8 Å². The van der Waals surface area contributed by atoms with E-state index in [2.05, 4.69) is 27.6 Å². The normalized spacial score (nSPS) is 30.1. The Morgan fingerprint density at radius 2 is 2.15 bits per heavy atom. The number of hydrogen-bond donors (Lipinski definition) is 1. The Morgan fingerprint density at radius 1 is 1.19 bits per heavy atom. The van der Waals surface area contributed by atoms with Gasteiger partial charge in [0.15, 0.2) is 0 Å². The average Bonchev–Trinajstić information content (AvgIpc) is 2.80. The van der Waals surface area contributed by atoms with E-state index in [0.29, 0.717) is 0 Å². The fraction of sp³-hybridized carbons (Fsp3) is 0.762. The minimum atomic E-state index is 0.166. The quantitative estimate of drug-likeness (QED) is 0.738. The molecule has 2 unspecified atom stereocenters. The lowest BCUT2D eigenvalue weighted by Gasteiger charge is -2.35. The standard InChI is InChI=1S/C21H34N4O/c1-18-15-25-19(17-24-18)16-22-12-9-21(20-7-3-5-11-23-20)8-4-2-6-13-26-14-10-21/h7,11,15,19,22H,2-6,8-10,12-14,16-17H2,1H3. The molecule has 2 atom stereocenters. The van der Waals surface area contributed by atoms with Crippen molar-refractivity contribution in [2.75, 3.05) is 32.8 Å². The minimum Gasteiger partial charge on any atom is -0.381 e. The first-order valence-corrected chi connectivity index (χ1v) is 10.3. The van der Waals surface area contributed by atoms with Crippen molar-refractivity contribution in [2.45, 2.75) is 64.3 Å². The molecule has 5 nitrogen and oxygen atoms in total. The number of hydrogen-bond acceptors (Lipinski definition) is 5. The highest BCUT2D eigenvalue weighted by molar-refractivity contribution is 6.29. The van der Waals surface area contributed by atoms with Gasteiger partial charge in [0.05, 0.1) is 12.6 Å². The summed E-state index contributed by atoms with van der Waals surface area (Å²) in [6.45, 7) is 6.49. The first-order valence-electron chi connectivity index (χ1n) is 10.3. The third kappa shape index (κ3) is 5.58. The molecule has 1 saturated heterocycles. The predicted molar refractivity (Wildman–Crippen MR) is 110 cm³/mol. The summed E-state index contributed by atoms with van der Waals surface area (Å²) in [7, 11) is 0. The monoisotopic (exact) mass is 358 g/mol. The zero-order valence-electron chi connectivity index (χ0n) is 16.3. The van der Waals surface area contributed by atoms with E-state index in [-0.39, 0.29) is 11.5 Å². The molecule has 0 amide bonds. The van der Waals surface area contributed by atoms with Crippen molar-refractivity contribution in [1.82, 2.24) is 5.32 Å². The molecular weight excluding hydrogens is 324 g/mol. The summed E-state index contributed by atoms with van der Waals surface area (Å²) in [5.74, 6) is 0. The molecule has 0 bridgehead atoms. The number of rotatable bonds is 6. The first-order chi connectivity index (χ1) is 12.8. The maximum absolute atomic E-state index is 5.88. The van der Waals surface area contributed by atoms with E-state index < -0.39 is 0 Å². The summed E-state index contributed by atoms with van der Waals surface area (Å²) in [6, 6.07) is 0.283. The number of nitrogens with zero attached hydrogens (tertiary/aromatic N) is 3. The third-order valence-corrected chi connectivity index (χ3v) is 5.76. The van der Waals surface area contributed by atoms with E-state index in [0.717, 1.165) is 64.2 Å². The number of ether oxygens (including phenoxy) is 1. The number of nitrogens with one attached hydrogen (secondary N) is 1. The van der Waals surface area contributed by atoms with E-state index in [1.54, 1.807) is 0 Å². The van der Waals surface area contributed by atoms with Gasteiger partial charge in [-0.05, 0) is 52.0 Å². The molecule has 0 aromatic carbocycles. The van der Waals surface area contributed by atoms with Crippen LogP contribution >= 0.6 is 0 Å². The van der Waals surface area contributed by atoms with Gasteiger partial charge >= 0.3 is 0 Å². The number of allylic oxidation sites excluding steroid dienone is 2. The lowest BCUT2D eigenvalue weighted by molar-refractivity contribution is 0.104. The van der Waals surface area contributed by atoms with Crippen molar-refractivity contribution in [3.63, 3.8) is 0 Å². The minimum absolute atomic E-state index is 0.166. The largest absolute Gasteiger partial charge is 0.381 e. The van der Waals surface area contributed by atoms with Gasteiger partial charge in [0.2, 0.25) is 0 Å². The molecule has 0 aromatic rings. The smallest absolute Gasteiger partial charge is 0.0819 e. The van der Waals surface area contributed by atoms with E-state index in [1.165, 1.54) is 31.4 Å². The second-order valence-electron chi connectivity index (χ2n) is 7.80. The SMILES string of the molecule is CC1=NCC(CNCCC2(C3=CCCC=N3)CCCCCOCC2)N=C1. The maximum Gasteiger partial charge on any atom is 0.0819 e. The summed E-state index contributed by atoms with van der Waals surface area (Å²) < 4.78 is 5.88. The van der Waals surface area contributed by atoms with E-state index in [4.69, 9.17) is 9.73 Å². The molecule has 5 heteroatoms. The second-order valence-corrected chi connectivity index (χ2v) is 7.80. The molecule has 3 aliphatic heterocycles. The lowest BCUT2D eigenvalue weighted by Crippen LogP contribution is -2.35. The Bertz CT molecular complexity index is 554. The van der Waals surface area contributed by atoms with Crippen molar-refractivity contribution >= 4 is 18.1 Å². The topological polar surface area (TPSA) is 58.3 Å². The molecule has 3 aliphatic rings. The molecule has 0 spiro atoms. The fourth-order valence-electron chi connectivity index (χ4n) is 4.10. The second kappa shape index (κ2) is 10.1. The summed E-state index contributed by atoms with van der Waals surface area (Å²) >= 11 is 0. The van der Waals surface area contributed by atoms with Gasteiger partial charge in [-0.1, -0.05) is 18.9 Å². The van der Waals surface area contributed by atoms with Crippen LogP contribution in [0.25, 0.3) is 0 Å². The Kier molecular flexibility index (Phi) is 7.56. The molecule has 0 aliphatic carbocycles. The molecule has 26 heavy (non-hydrogen) atoms. The summed E-state index contributed by atoms with van der Waals surface area (Å²) in [6.07, 6.45) is 15.8. The van der Waals surface area contributed by atoms with Crippen LogP contribution in [0.3, 0.4) is 0 Å². The van der Waals surface area contributed by atoms with Crippen molar-refractivity contribution < 1.29 is 4.74 Å². The molecule has 3 rings (SSSR count). The van der Waals surface area contributed by atoms with Crippen LogP contribution in [-0.2, 0) is 4.74 Å². The van der Waals surface area contributed by atoms with Crippen LogP contribution in [-0.4, -0.2) is 57.0 Å². The van der Waals surface area contributed by atoms with Crippen LogP contribution in [0.2, 0.25) is 0 Å². The van der Waals surface area contributed by atoms with Gasteiger partial charge in [-0.3, -0.25) is 15.0 Å². The highest BCUT2D eigenvalue weighted by Gasteiger charge is 2.34. The van der Waals surface area contributed by atoms with Crippen molar-refractivity contribution in [2.24, 2.45) is 20.4 Å². The molecule has 0 radical (unpaired) electrons. The molecule has 1 fully saturated rings. The van der Waals surface area contributed by atoms with Gasteiger partial charge < -0.3 is 10.1 Å². The summed E-state index contributed by atoms with van der Waals surface area (Å²) in [4.78, 5) is 13.9. The van der Waals surface area contributed by atoms with E-state index in [1.807, 2.05) is 13.1 Å². The summed E-state index contributed by atoms with van der Waals surface area (Å²) in [5, 5.41) is 3.63. The molecule has 1 N–H and O–H groups in total. The zero-order valence-corrected chi connectivity index (χ0v) is 16.3. The summed E-state index contributed by atoms with van der Waals surface area (Å²) in [5.41, 5.74) is 2.51. The molecule has 144 valence electrons. The molecular formula is C21H34N4O. The fourth-order valence-corrected chi connectivity index (χ4v) is 4.10. The van der Waals surface area contributed by atoms with Gasteiger partial charge in [-0.2, -0.15) is 0 Å². The lowest BCUT2D eigenvalue weighted by atomic mass is 9.73. The van der Waals surface area contributed by atoms with Crippen molar-refractivity contribution in [3.8, 4) is 0 Å². The van der Waals surface area contributed by atoms with Gasteiger partial charge in [0, 0.05) is 49.0 Å². The highest BCUT2D eigenvalue weighted by atomic mass is 16.5. The van der Waals surface area contributed by atoms with E-state index >= 15 is 0 Å². The average molecular weight is 359 g/mol. The van der Waals surface area contributed by atoms with Crippen molar-refractivity contribution in [3.05, 3.63) is 11.8 Å². The Morgan fingerprint density at radius 3 is 2.96 bits per heavy atom. The van der Waals surface area contributed by atoms with Crippen molar-refractivity contribution in [1.29, 1.82) is 0 Å². The maximum atomic E-state index is 5.88. The Balaban J connectivity index is 1.57. The van der Waals surface area contributed by atoms with Crippen LogP contribution in [0.4, 0.5) is 0 Å². The van der Waals surface area contributed by atoms with Crippen LogP contribution in [0.5, 0.6) is 0 Å². The van der Waals surface area contributed by atoms with Crippen LogP contribution in [0.1, 0.15) is 58.3 Å². The van der Waals surface area contributed by atoms with Gasteiger partial charge in [-0.15, -0.1) is 0 Å². The van der Waals surface area contributed by atoms with Crippen LogP contribution in [0, 0.1) is 5.41 Å². The third-order valence-electron chi connectivity index (χ3n) is 5.76. The molecule has 0 aromatic heterocycles.